The molecule has 9 aromatic carbocycles. The maximum absolute atomic E-state index is 6.60. The maximum atomic E-state index is 6.60. The van der Waals surface area contributed by atoms with Crippen molar-refractivity contribution in [1.82, 2.24) is 4.98 Å². The van der Waals surface area contributed by atoms with Gasteiger partial charge in [-0.05, 0) is 104 Å². The Kier molecular flexibility index (Phi) is 7.08. The molecule has 0 spiro atoms. The topological polar surface area (TPSA) is 29.3 Å². The number of para-hydroxylation sites is 1. The zero-order chi connectivity index (χ0) is 36.3. The molecule has 1 aromatic heterocycles. The summed E-state index contributed by atoms with van der Waals surface area (Å²) in [4.78, 5) is 7.30. The number of fused-ring (bicyclic) bond motifs is 8. The number of benzene rings is 9. The van der Waals surface area contributed by atoms with Gasteiger partial charge in [-0.15, -0.1) is 0 Å². The quantitative estimate of drug-likeness (QED) is 0.162. The normalized spacial score (nSPS) is 12.9. The van der Waals surface area contributed by atoms with E-state index in [4.69, 9.17) is 9.40 Å². The lowest BCUT2D eigenvalue weighted by Crippen LogP contribution is -2.28. The predicted octanol–water partition coefficient (Wildman–Crippen LogP) is 13.6. The van der Waals surface area contributed by atoms with Gasteiger partial charge < -0.3 is 9.32 Å². The molecule has 0 aliphatic heterocycles. The zero-order valence-electron chi connectivity index (χ0n) is 29.9. The van der Waals surface area contributed by atoms with Gasteiger partial charge in [0.2, 0.25) is 5.89 Å². The van der Waals surface area contributed by atoms with Crippen molar-refractivity contribution in [3.05, 3.63) is 229 Å². The number of nitrogens with zero attached hydrogens (tertiary/aromatic N) is 2. The third-order valence-electron chi connectivity index (χ3n) is 11.3. The summed E-state index contributed by atoms with van der Waals surface area (Å²) in [5.74, 6) is 0.627. The summed E-state index contributed by atoms with van der Waals surface area (Å²) in [6.07, 6.45) is 0. The highest BCUT2D eigenvalue weighted by molar-refractivity contribution is 6.18. The molecular weight excluding hydrogens is 669 g/mol. The number of oxazole rings is 1. The van der Waals surface area contributed by atoms with E-state index in [2.05, 4.69) is 181 Å². The molecule has 55 heavy (non-hydrogen) atoms. The molecule has 0 amide bonds. The van der Waals surface area contributed by atoms with Gasteiger partial charge in [-0.25, -0.2) is 4.98 Å². The van der Waals surface area contributed by atoms with Crippen LogP contribution in [0, 0.1) is 0 Å². The number of anilines is 3. The fraction of sp³-hybridized carbons (Fsp3) is 0.0192. The first-order chi connectivity index (χ1) is 27.3. The molecule has 1 heterocycles. The Bertz CT molecular complexity index is 2990. The van der Waals surface area contributed by atoms with Gasteiger partial charge in [-0.3, -0.25) is 0 Å². The number of aromatic nitrogens is 1. The Morgan fingerprint density at radius 3 is 1.75 bits per heavy atom. The van der Waals surface area contributed by atoms with Crippen LogP contribution in [-0.4, -0.2) is 4.98 Å². The van der Waals surface area contributed by atoms with Crippen molar-refractivity contribution in [3.63, 3.8) is 0 Å². The van der Waals surface area contributed by atoms with Crippen LogP contribution in [0.5, 0.6) is 0 Å². The second kappa shape index (κ2) is 12.4. The molecule has 0 fully saturated rings. The van der Waals surface area contributed by atoms with Gasteiger partial charge in [0.05, 0.1) is 5.41 Å². The largest absolute Gasteiger partial charge is 0.435 e. The van der Waals surface area contributed by atoms with Crippen molar-refractivity contribution in [2.24, 2.45) is 0 Å². The molecule has 0 radical (unpaired) electrons. The number of rotatable bonds is 6. The second-order valence-corrected chi connectivity index (χ2v) is 14.3. The van der Waals surface area contributed by atoms with E-state index in [1.165, 1.54) is 33.4 Å². The van der Waals surface area contributed by atoms with Gasteiger partial charge in [0.1, 0.15) is 5.52 Å². The molecule has 1 aliphatic rings. The lowest BCUT2D eigenvalue weighted by atomic mass is 9.68. The fourth-order valence-corrected chi connectivity index (χ4v) is 8.95. The molecule has 11 rings (SSSR count). The molecule has 3 nitrogen and oxygen atoms in total. The third kappa shape index (κ3) is 4.80. The summed E-state index contributed by atoms with van der Waals surface area (Å²) in [5.41, 5.74) is 13.0. The fourth-order valence-electron chi connectivity index (χ4n) is 8.95. The van der Waals surface area contributed by atoms with Crippen molar-refractivity contribution in [3.8, 4) is 22.6 Å². The standard InChI is InChI=1S/C52H34N2O/c1-5-15-37(16-6-1)51-53-48-32-28-36-26-25-35-27-29-41(33-44(35)49(36)50(48)55-51)54(40-21-11-4-12-22-40)42-30-31-47-45(34-42)43-23-13-14-24-46(43)52(47,38-17-7-2-8-18-38)39-19-9-3-10-20-39/h1-34H. The van der Waals surface area contributed by atoms with Gasteiger partial charge in [0.25, 0.3) is 0 Å². The third-order valence-corrected chi connectivity index (χ3v) is 11.3. The minimum absolute atomic E-state index is 0.451. The van der Waals surface area contributed by atoms with Crippen LogP contribution in [0.2, 0.25) is 0 Å². The molecule has 0 saturated carbocycles. The summed E-state index contributed by atoms with van der Waals surface area (Å²) in [5, 5.41) is 4.45. The smallest absolute Gasteiger partial charge is 0.227 e. The minimum Gasteiger partial charge on any atom is -0.435 e. The van der Waals surface area contributed by atoms with Crippen LogP contribution in [0.1, 0.15) is 22.3 Å². The highest BCUT2D eigenvalue weighted by Gasteiger charge is 2.46. The van der Waals surface area contributed by atoms with Gasteiger partial charge >= 0.3 is 0 Å². The Balaban J connectivity index is 1.14. The number of hydrogen-bond donors (Lipinski definition) is 0. The molecule has 0 bridgehead atoms. The highest BCUT2D eigenvalue weighted by atomic mass is 16.3. The molecule has 3 heteroatoms. The molecule has 0 N–H and O–H groups in total. The van der Waals surface area contributed by atoms with Gasteiger partial charge in [0, 0.05) is 28.0 Å². The van der Waals surface area contributed by atoms with E-state index in [-0.39, 0.29) is 0 Å². The molecule has 258 valence electrons. The van der Waals surface area contributed by atoms with Crippen LogP contribution >= 0.6 is 0 Å². The van der Waals surface area contributed by atoms with Crippen molar-refractivity contribution >= 4 is 49.7 Å². The van der Waals surface area contributed by atoms with E-state index in [1.807, 2.05) is 30.3 Å². The van der Waals surface area contributed by atoms with Crippen LogP contribution in [0.25, 0.3) is 55.2 Å². The molecule has 0 atom stereocenters. The van der Waals surface area contributed by atoms with E-state index in [0.29, 0.717) is 5.89 Å². The SMILES string of the molecule is c1ccc(-c2nc3ccc4ccc5ccc(N(c6ccccc6)c6ccc7c(c6)-c6ccccc6C7(c6ccccc6)c6ccccc6)cc5c4c3o2)cc1. The summed E-state index contributed by atoms with van der Waals surface area (Å²) in [6, 6.07) is 74.1. The van der Waals surface area contributed by atoms with Gasteiger partial charge in [-0.2, -0.15) is 0 Å². The number of hydrogen-bond acceptors (Lipinski definition) is 3. The van der Waals surface area contributed by atoms with Crippen LogP contribution < -0.4 is 4.90 Å². The van der Waals surface area contributed by atoms with E-state index < -0.39 is 5.41 Å². The maximum Gasteiger partial charge on any atom is 0.227 e. The summed E-state index contributed by atoms with van der Waals surface area (Å²) < 4.78 is 6.60. The first kappa shape index (κ1) is 31.3. The molecule has 0 unspecified atom stereocenters. The zero-order valence-corrected chi connectivity index (χ0v) is 29.9. The van der Waals surface area contributed by atoms with Crippen molar-refractivity contribution in [2.45, 2.75) is 5.41 Å². The van der Waals surface area contributed by atoms with E-state index >= 15 is 0 Å². The van der Waals surface area contributed by atoms with E-state index in [1.54, 1.807) is 0 Å². The average molecular weight is 703 g/mol. The Morgan fingerprint density at radius 2 is 1.00 bits per heavy atom. The van der Waals surface area contributed by atoms with Crippen molar-refractivity contribution in [1.29, 1.82) is 0 Å². The predicted molar refractivity (Wildman–Crippen MR) is 226 cm³/mol. The van der Waals surface area contributed by atoms with Crippen LogP contribution in [0.15, 0.2) is 211 Å². The summed E-state index contributed by atoms with van der Waals surface area (Å²) in [6.45, 7) is 0. The molecular formula is C52H34N2O. The van der Waals surface area contributed by atoms with E-state index in [0.717, 1.165) is 55.3 Å². The monoisotopic (exact) mass is 702 g/mol. The Hall–Kier alpha value is -7.23. The molecule has 0 saturated heterocycles. The van der Waals surface area contributed by atoms with Crippen LogP contribution in [0.3, 0.4) is 0 Å². The van der Waals surface area contributed by atoms with Crippen LogP contribution in [-0.2, 0) is 5.41 Å². The van der Waals surface area contributed by atoms with Gasteiger partial charge in [-0.1, -0.05) is 152 Å². The molecule has 1 aliphatic carbocycles. The molecule has 10 aromatic rings. The Labute approximate surface area is 319 Å². The minimum atomic E-state index is -0.451. The van der Waals surface area contributed by atoms with Gasteiger partial charge in [0.15, 0.2) is 5.58 Å². The second-order valence-electron chi connectivity index (χ2n) is 14.3. The summed E-state index contributed by atoms with van der Waals surface area (Å²) >= 11 is 0. The average Bonchev–Trinajstić information content (AvgIpc) is 3.83. The lowest BCUT2D eigenvalue weighted by molar-refractivity contribution is 0.623. The first-order valence-electron chi connectivity index (χ1n) is 18.8. The van der Waals surface area contributed by atoms with Crippen molar-refractivity contribution in [2.75, 3.05) is 4.90 Å². The van der Waals surface area contributed by atoms with Crippen molar-refractivity contribution < 1.29 is 4.42 Å². The highest BCUT2D eigenvalue weighted by Crippen LogP contribution is 2.57. The van der Waals surface area contributed by atoms with Crippen LogP contribution in [0.4, 0.5) is 17.1 Å². The lowest BCUT2D eigenvalue weighted by Gasteiger charge is -2.34. The summed E-state index contributed by atoms with van der Waals surface area (Å²) in [7, 11) is 0. The first-order valence-corrected chi connectivity index (χ1v) is 18.8. The Morgan fingerprint density at radius 1 is 0.436 bits per heavy atom. The van der Waals surface area contributed by atoms with E-state index in [9.17, 15) is 0 Å².